The van der Waals surface area contributed by atoms with Crippen LogP contribution in [0.2, 0.25) is 0 Å². The zero-order valence-corrected chi connectivity index (χ0v) is 9.56. The third-order valence-electron chi connectivity index (χ3n) is 3.25. The fraction of sp³-hybridized carbons (Fsp3) is 1.00. The van der Waals surface area contributed by atoms with Crippen molar-refractivity contribution in [3.63, 3.8) is 0 Å². The first-order valence-corrected chi connectivity index (χ1v) is 5.91. The fourth-order valence-corrected chi connectivity index (χ4v) is 2.12. The van der Waals surface area contributed by atoms with E-state index < -0.39 is 18.2 Å². The standard InChI is InChI=1S/C11H20F3NO/c1-2-10(16)7-15-9-5-3-4-8(6-9)11(12,13)14/h8-10,15-16H,2-7H2,1H3. The summed E-state index contributed by atoms with van der Waals surface area (Å²) in [6, 6.07) is -0.0958. The van der Waals surface area contributed by atoms with E-state index in [0.29, 0.717) is 19.4 Å². The highest BCUT2D eigenvalue weighted by Gasteiger charge is 2.41. The van der Waals surface area contributed by atoms with Crippen LogP contribution in [0.25, 0.3) is 0 Å². The van der Waals surface area contributed by atoms with E-state index in [-0.39, 0.29) is 18.9 Å². The van der Waals surface area contributed by atoms with Gasteiger partial charge in [-0.2, -0.15) is 13.2 Å². The predicted molar refractivity (Wildman–Crippen MR) is 56.1 cm³/mol. The molecule has 0 aliphatic heterocycles. The molecule has 1 aliphatic carbocycles. The Kier molecular flexibility index (Phi) is 5.05. The molecule has 0 aromatic carbocycles. The summed E-state index contributed by atoms with van der Waals surface area (Å²) in [5.41, 5.74) is 0. The van der Waals surface area contributed by atoms with Gasteiger partial charge in [-0.05, 0) is 25.7 Å². The van der Waals surface area contributed by atoms with Crippen molar-refractivity contribution in [2.75, 3.05) is 6.54 Å². The van der Waals surface area contributed by atoms with Crippen LogP contribution in [0, 0.1) is 5.92 Å². The number of aliphatic hydroxyl groups excluding tert-OH is 1. The molecule has 0 saturated heterocycles. The third-order valence-corrected chi connectivity index (χ3v) is 3.25. The number of nitrogens with one attached hydrogen (secondary N) is 1. The molecule has 0 heterocycles. The molecule has 1 saturated carbocycles. The summed E-state index contributed by atoms with van der Waals surface area (Å²) >= 11 is 0. The highest BCUT2D eigenvalue weighted by Crippen LogP contribution is 2.37. The molecule has 0 amide bonds. The van der Waals surface area contributed by atoms with Gasteiger partial charge in [-0.15, -0.1) is 0 Å². The molecule has 1 rings (SSSR count). The minimum Gasteiger partial charge on any atom is -0.392 e. The van der Waals surface area contributed by atoms with Crippen molar-refractivity contribution in [3.8, 4) is 0 Å². The molecule has 1 fully saturated rings. The van der Waals surface area contributed by atoms with Crippen molar-refractivity contribution < 1.29 is 18.3 Å². The maximum absolute atomic E-state index is 12.5. The normalized spacial score (nSPS) is 29.1. The van der Waals surface area contributed by atoms with Crippen LogP contribution in [0.3, 0.4) is 0 Å². The van der Waals surface area contributed by atoms with Crippen LogP contribution in [-0.2, 0) is 0 Å². The topological polar surface area (TPSA) is 32.3 Å². The molecule has 5 heteroatoms. The molecule has 0 radical (unpaired) electrons. The van der Waals surface area contributed by atoms with Crippen molar-refractivity contribution in [2.24, 2.45) is 5.92 Å². The molecule has 16 heavy (non-hydrogen) atoms. The van der Waals surface area contributed by atoms with Crippen molar-refractivity contribution in [1.29, 1.82) is 0 Å². The number of halogens is 3. The minimum absolute atomic E-state index is 0.0958. The number of hydrogen-bond acceptors (Lipinski definition) is 2. The Balaban J connectivity index is 2.33. The molecule has 0 aromatic heterocycles. The average molecular weight is 239 g/mol. The quantitative estimate of drug-likeness (QED) is 0.790. The van der Waals surface area contributed by atoms with Crippen LogP contribution in [0.5, 0.6) is 0 Å². The van der Waals surface area contributed by atoms with Crippen LogP contribution in [0.1, 0.15) is 39.0 Å². The second-order valence-electron chi connectivity index (χ2n) is 4.57. The molecule has 96 valence electrons. The Morgan fingerprint density at radius 2 is 2.06 bits per heavy atom. The van der Waals surface area contributed by atoms with E-state index in [2.05, 4.69) is 5.32 Å². The van der Waals surface area contributed by atoms with Crippen LogP contribution >= 0.6 is 0 Å². The smallest absolute Gasteiger partial charge is 0.391 e. The Morgan fingerprint density at radius 1 is 1.38 bits per heavy atom. The first kappa shape index (κ1) is 13.8. The van der Waals surface area contributed by atoms with Crippen LogP contribution < -0.4 is 5.32 Å². The molecule has 3 unspecified atom stereocenters. The maximum Gasteiger partial charge on any atom is 0.391 e. The van der Waals surface area contributed by atoms with Gasteiger partial charge >= 0.3 is 6.18 Å². The number of rotatable bonds is 4. The van der Waals surface area contributed by atoms with Gasteiger partial charge in [0.25, 0.3) is 0 Å². The van der Waals surface area contributed by atoms with Gasteiger partial charge < -0.3 is 10.4 Å². The van der Waals surface area contributed by atoms with E-state index in [1.165, 1.54) is 0 Å². The minimum atomic E-state index is -4.07. The predicted octanol–water partition coefficient (Wildman–Crippen LogP) is 2.47. The molecular formula is C11H20F3NO. The second-order valence-corrected chi connectivity index (χ2v) is 4.57. The van der Waals surface area contributed by atoms with Crippen molar-refractivity contribution in [2.45, 2.75) is 57.3 Å². The number of alkyl halides is 3. The second kappa shape index (κ2) is 5.87. The first-order chi connectivity index (χ1) is 7.43. The van der Waals surface area contributed by atoms with Crippen LogP contribution in [-0.4, -0.2) is 30.0 Å². The molecule has 0 bridgehead atoms. The Bertz CT molecular complexity index is 208. The lowest BCUT2D eigenvalue weighted by Gasteiger charge is -2.31. The summed E-state index contributed by atoms with van der Waals surface area (Å²) in [5.74, 6) is -1.17. The summed E-state index contributed by atoms with van der Waals surface area (Å²) in [7, 11) is 0. The van der Waals surface area contributed by atoms with E-state index in [9.17, 15) is 18.3 Å². The summed E-state index contributed by atoms with van der Waals surface area (Å²) in [4.78, 5) is 0. The lowest BCUT2D eigenvalue weighted by Crippen LogP contribution is -2.41. The van der Waals surface area contributed by atoms with Gasteiger partial charge in [0, 0.05) is 12.6 Å². The monoisotopic (exact) mass is 239 g/mol. The summed E-state index contributed by atoms with van der Waals surface area (Å²) in [5, 5.41) is 12.4. The average Bonchev–Trinajstić information content (AvgIpc) is 2.25. The summed E-state index contributed by atoms with van der Waals surface area (Å²) in [6.45, 7) is 2.25. The highest BCUT2D eigenvalue weighted by molar-refractivity contribution is 4.82. The molecular weight excluding hydrogens is 219 g/mol. The van der Waals surface area contributed by atoms with E-state index in [1.54, 1.807) is 0 Å². The molecule has 0 spiro atoms. The Morgan fingerprint density at radius 3 is 2.62 bits per heavy atom. The number of aliphatic hydroxyl groups is 1. The summed E-state index contributed by atoms with van der Waals surface area (Å²) < 4.78 is 37.5. The molecule has 3 atom stereocenters. The van der Waals surface area contributed by atoms with Gasteiger partial charge in [0.05, 0.1) is 12.0 Å². The SMILES string of the molecule is CCC(O)CNC1CCCC(C(F)(F)F)C1. The van der Waals surface area contributed by atoms with Crippen molar-refractivity contribution in [1.82, 2.24) is 5.32 Å². The third kappa shape index (κ3) is 4.29. The fourth-order valence-electron chi connectivity index (χ4n) is 2.12. The molecule has 1 aliphatic rings. The molecule has 2 nitrogen and oxygen atoms in total. The zero-order valence-electron chi connectivity index (χ0n) is 9.56. The van der Waals surface area contributed by atoms with Gasteiger partial charge in [0.15, 0.2) is 0 Å². The van der Waals surface area contributed by atoms with Gasteiger partial charge in [0.1, 0.15) is 0 Å². The van der Waals surface area contributed by atoms with Gasteiger partial charge in [-0.3, -0.25) is 0 Å². The van der Waals surface area contributed by atoms with Crippen molar-refractivity contribution >= 4 is 0 Å². The number of hydrogen-bond donors (Lipinski definition) is 2. The first-order valence-electron chi connectivity index (χ1n) is 5.91. The van der Waals surface area contributed by atoms with E-state index in [4.69, 9.17) is 0 Å². The van der Waals surface area contributed by atoms with Crippen LogP contribution in [0.4, 0.5) is 13.2 Å². The van der Waals surface area contributed by atoms with Gasteiger partial charge in [0.2, 0.25) is 0 Å². The largest absolute Gasteiger partial charge is 0.392 e. The van der Waals surface area contributed by atoms with Gasteiger partial charge in [-0.1, -0.05) is 13.3 Å². The lowest BCUT2D eigenvalue weighted by atomic mass is 9.85. The summed E-state index contributed by atoms with van der Waals surface area (Å²) in [6.07, 6.45) is -2.09. The van der Waals surface area contributed by atoms with E-state index >= 15 is 0 Å². The van der Waals surface area contributed by atoms with Crippen LogP contribution in [0.15, 0.2) is 0 Å². The Hall–Kier alpha value is -0.290. The Labute approximate surface area is 94.2 Å². The highest BCUT2D eigenvalue weighted by atomic mass is 19.4. The van der Waals surface area contributed by atoms with E-state index in [0.717, 1.165) is 6.42 Å². The van der Waals surface area contributed by atoms with E-state index in [1.807, 2.05) is 6.92 Å². The lowest BCUT2D eigenvalue weighted by molar-refractivity contribution is -0.183. The molecule has 2 N–H and O–H groups in total. The van der Waals surface area contributed by atoms with Crippen molar-refractivity contribution in [3.05, 3.63) is 0 Å². The zero-order chi connectivity index (χ0) is 12.2. The van der Waals surface area contributed by atoms with Gasteiger partial charge in [-0.25, -0.2) is 0 Å². The molecule has 0 aromatic rings. The maximum atomic E-state index is 12.5.